The SMILES string of the molecule is CCC(=O)NC(CCC(C)=O)C(=O)O.CCC(=O)NCC(=O)O.O=C(O)CNOOI. The Kier molecular flexibility index (Phi) is 24.0. The molecule has 14 nitrogen and oxygen atoms in total. The maximum atomic E-state index is 10.9. The topological polar surface area (TPSA) is 218 Å². The van der Waals surface area contributed by atoms with Crippen LogP contribution in [-0.4, -0.2) is 70.0 Å². The fraction of sp³-hybridized carbons (Fsp3) is 0.625. The van der Waals surface area contributed by atoms with E-state index in [1.165, 1.54) is 29.9 Å². The normalized spacial score (nSPS) is 10.2. The highest BCUT2D eigenvalue weighted by atomic mass is 127. The molecule has 1 unspecified atom stereocenters. The predicted octanol–water partition coefficient (Wildman–Crippen LogP) is -0.194. The summed E-state index contributed by atoms with van der Waals surface area (Å²) in [5, 5.41) is 29.2. The van der Waals surface area contributed by atoms with E-state index in [9.17, 15) is 28.8 Å². The number of aliphatic carboxylic acids is 3. The Balaban J connectivity index is -0.000000401. The lowest BCUT2D eigenvalue weighted by atomic mass is 10.1. The molecule has 0 fully saturated rings. The molecule has 2 amide bonds. The van der Waals surface area contributed by atoms with Crippen LogP contribution in [0, 0.1) is 0 Å². The van der Waals surface area contributed by atoms with Gasteiger partial charge in [0.2, 0.25) is 11.8 Å². The highest BCUT2D eigenvalue weighted by Gasteiger charge is 2.19. The summed E-state index contributed by atoms with van der Waals surface area (Å²) in [5.41, 5.74) is 2.01. The molecule has 1 atom stereocenters. The Morgan fingerprint density at radius 1 is 0.903 bits per heavy atom. The molecule has 180 valence electrons. The third kappa shape index (κ3) is 29.9. The zero-order valence-electron chi connectivity index (χ0n) is 17.3. The molecule has 31 heavy (non-hydrogen) atoms. The number of hydrogen-bond donors (Lipinski definition) is 6. The van der Waals surface area contributed by atoms with Crippen molar-refractivity contribution >= 4 is 58.5 Å². The Labute approximate surface area is 192 Å². The lowest BCUT2D eigenvalue weighted by Crippen LogP contribution is -2.40. The minimum Gasteiger partial charge on any atom is -0.480 e. The number of rotatable bonds is 13. The summed E-state index contributed by atoms with van der Waals surface area (Å²) in [4.78, 5) is 66.0. The third-order valence-corrected chi connectivity index (χ3v) is 2.99. The van der Waals surface area contributed by atoms with Crippen molar-refractivity contribution in [2.45, 2.75) is 52.5 Å². The molecule has 0 aliphatic carbocycles. The van der Waals surface area contributed by atoms with E-state index in [1.54, 1.807) is 13.8 Å². The zero-order chi connectivity index (χ0) is 24.8. The second-order valence-corrected chi connectivity index (χ2v) is 5.80. The quantitative estimate of drug-likeness (QED) is 0.0741. The molecule has 0 heterocycles. The number of nitrogens with one attached hydrogen (secondary N) is 3. The predicted molar refractivity (Wildman–Crippen MR) is 113 cm³/mol. The molecule has 0 aliphatic rings. The van der Waals surface area contributed by atoms with Gasteiger partial charge in [-0.1, -0.05) is 13.8 Å². The van der Waals surface area contributed by atoms with Gasteiger partial charge >= 0.3 is 17.9 Å². The minimum atomic E-state index is -1.10. The summed E-state index contributed by atoms with van der Waals surface area (Å²) in [6.45, 7) is 4.13. The van der Waals surface area contributed by atoms with E-state index in [0.29, 0.717) is 6.42 Å². The van der Waals surface area contributed by atoms with Crippen LogP contribution in [-0.2, 0) is 37.0 Å². The van der Waals surface area contributed by atoms with Crippen molar-refractivity contribution in [1.29, 1.82) is 0 Å². The molecule has 0 saturated heterocycles. The van der Waals surface area contributed by atoms with Crippen LogP contribution in [0.15, 0.2) is 0 Å². The number of amides is 2. The van der Waals surface area contributed by atoms with Gasteiger partial charge in [0.1, 0.15) is 24.9 Å². The average molecular weight is 565 g/mol. The Morgan fingerprint density at radius 3 is 1.77 bits per heavy atom. The monoisotopic (exact) mass is 565 g/mol. The van der Waals surface area contributed by atoms with Gasteiger partial charge in [-0.3, -0.25) is 19.2 Å². The number of carboxylic acid groups (broad SMARTS) is 3. The van der Waals surface area contributed by atoms with Gasteiger partial charge in [-0.05, 0) is 13.3 Å². The van der Waals surface area contributed by atoms with Gasteiger partial charge in [0.05, 0.1) is 0 Å². The van der Waals surface area contributed by atoms with Crippen LogP contribution in [0.5, 0.6) is 0 Å². The number of hydrogen-bond acceptors (Lipinski definition) is 9. The van der Waals surface area contributed by atoms with E-state index in [2.05, 4.69) is 18.8 Å². The standard InChI is InChI=1S/C9H15NO4.C5H9NO3.C2H4INO4/c1-3-8(12)10-7(9(13)14)5-4-6(2)11;1-2-4(7)6-3-5(8)9;3-7-8-4-1-2(5)6/h7H,3-5H2,1-2H3,(H,10,12)(H,13,14);2-3H2,1H3,(H,6,7)(H,8,9);4H,1H2,(H,5,6). The highest BCUT2D eigenvalue weighted by Crippen LogP contribution is 1.99. The maximum Gasteiger partial charge on any atom is 0.326 e. The van der Waals surface area contributed by atoms with Crippen LogP contribution >= 0.6 is 23.0 Å². The number of carbonyl (C=O) groups excluding carboxylic acids is 3. The lowest BCUT2D eigenvalue weighted by molar-refractivity contribution is -0.223. The smallest absolute Gasteiger partial charge is 0.326 e. The molecule has 0 saturated carbocycles. The first-order valence-electron chi connectivity index (χ1n) is 8.80. The van der Waals surface area contributed by atoms with E-state index < -0.39 is 23.9 Å². The first-order chi connectivity index (χ1) is 14.4. The Hall–Kier alpha value is -2.37. The van der Waals surface area contributed by atoms with Gasteiger partial charge in [-0.25, -0.2) is 4.79 Å². The van der Waals surface area contributed by atoms with Gasteiger partial charge in [0.25, 0.3) is 0 Å². The summed E-state index contributed by atoms with van der Waals surface area (Å²) >= 11 is 1.46. The summed E-state index contributed by atoms with van der Waals surface area (Å²) in [6, 6.07) is -0.952. The van der Waals surface area contributed by atoms with Gasteiger partial charge < -0.3 is 30.7 Å². The summed E-state index contributed by atoms with van der Waals surface area (Å²) in [6.07, 6.45) is 0.883. The fourth-order valence-electron chi connectivity index (χ4n) is 1.31. The number of Topliss-reactive ketones (excluding diaryl/α,β-unsaturated/α-hetero) is 1. The van der Waals surface area contributed by atoms with Crippen LogP contribution in [0.2, 0.25) is 0 Å². The van der Waals surface area contributed by atoms with Crippen molar-refractivity contribution in [3.63, 3.8) is 0 Å². The van der Waals surface area contributed by atoms with E-state index >= 15 is 0 Å². The van der Waals surface area contributed by atoms with E-state index in [0.717, 1.165) is 0 Å². The molecule has 15 heteroatoms. The van der Waals surface area contributed by atoms with Crippen molar-refractivity contribution in [2.75, 3.05) is 13.1 Å². The second-order valence-electron chi connectivity index (χ2n) is 5.44. The first kappa shape index (κ1) is 33.3. The van der Waals surface area contributed by atoms with Crippen LogP contribution in [0.3, 0.4) is 0 Å². The summed E-state index contributed by atoms with van der Waals surface area (Å²) < 4.78 is 3.99. The van der Waals surface area contributed by atoms with Crippen molar-refractivity contribution in [3.8, 4) is 0 Å². The van der Waals surface area contributed by atoms with Crippen LogP contribution in [0.1, 0.15) is 46.5 Å². The van der Waals surface area contributed by atoms with Crippen LogP contribution < -0.4 is 16.1 Å². The van der Waals surface area contributed by atoms with Gasteiger partial charge in [-0.15, -0.1) is 8.21 Å². The summed E-state index contributed by atoms with van der Waals surface area (Å²) in [5.74, 6) is -3.76. The van der Waals surface area contributed by atoms with Crippen LogP contribution in [0.4, 0.5) is 0 Å². The van der Waals surface area contributed by atoms with Gasteiger partial charge in [0.15, 0.2) is 23.0 Å². The van der Waals surface area contributed by atoms with Crippen molar-refractivity contribution < 1.29 is 52.3 Å². The first-order valence-corrected chi connectivity index (χ1v) is 9.68. The zero-order valence-corrected chi connectivity index (χ0v) is 19.5. The Bertz CT molecular complexity index is 587. The van der Waals surface area contributed by atoms with Gasteiger partial charge in [-0.2, -0.15) is 5.48 Å². The molecule has 0 bridgehead atoms. The number of ketones is 1. The van der Waals surface area contributed by atoms with E-state index in [-0.39, 0.29) is 49.9 Å². The number of carbonyl (C=O) groups is 6. The highest BCUT2D eigenvalue weighted by molar-refractivity contribution is 14.1. The number of halogens is 1. The van der Waals surface area contributed by atoms with Crippen molar-refractivity contribution in [2.24, 2.45) is 0 Å². The largest absolute Gasteiger partial charge is 0.480 e. The molecule has 0 aromatic heterocycles. The van der Waals surface area contributed by atoms with E-state index in [4.69, 9.17) is 15.3 Å². The van der Waals surface area contributed by atoms with E-state index in [1.807, 2.05) is 5.48 Å². The molecule has 0 rings (SSSR count). The molecule has 0 radical (unpaired) electrons. The average Bonchev–Trinajstić information content (AvgIpc) is 2.69. The molecule has 6 N–H and O–H groups in total. The van der Waals surface area contributed by atoms with Gasteiger partial charge in [0, 0.05) is 19.3 Å². The lowest BCUT2D eigenvalue weighted by Gasteiger charge is -2.12. The maximum absolute atomic E-state index is 10.9. The summed E-state index contributed by atoms with van der Waals surface area (Å²) in [7, 11) is 0. The fourth-order valence-corrected chi connectivity index (χ4v) is 1.44. The molecular weight excluding hydrogens is 537 g/mol. The molecule has 0 aromatic carbocycles. The molecule has 0 aliphatic heterocycles. The second kappa shape index (κ2) is 22.3. The number of carboxylic acids is 3. The number of hydroxylamine groups is 1. The molecular formula is C16H28IN3O11. The molecule has 0 aromatic rings. The minimum absolute atomic E-state index is 0.0815. The van der Waals surface area contributed by atoms with Crippen LogP contribution in [0.25, 0.3) is 0 Å². The van der Waals surface area contributed by atoms with Crippen molar-refractivity contribution in [3.05, 3.63) is 0 Å². The molecule has 0 spiro atoms. The van der Waals surface area contributed by atoms with Crippen molar-refractivity contribution in [1.82, 2.24) is 16.1 Å². The third-order valence-electron chi connectivity index (χ3n) is 2.81. The Morgan fingerprint density at radius 2 is 1.42 bits per heavy atom.